The molecule has 158 valence electrons. The van der Waals surface area contributed by atoms with Gasteiger partial charge in [0.15, 0.2) is 0 Å². The summed E-state index contributed by atoms with van der Waals surface area (Å²) in [6, 6.07) is 24.5. The molecule has 3 rings (SSSR count). The highest BCUT2D eigenvalue weighted by Crippen LogP contribution is 2.37. The van der Waals surface area contributed by atoms with Gasteiger partial charge in [0.1, 0.15) is 17.2 Å². The number of rotatable bonds is 10. The van der Waals surface area contributed by atoms with Gasteiger partial charge < -0.3 is 9.47 Å². The van der Waals surface area contributed by atoms with E-state index in [1.807, 2.05) is 49.4 Å². The fourth-order valence-corrected chi connectivity index (χ4v) is 3.98. The Balaban J connectivity index is 1.63. The van der Waals surface area contributed by atoms with Crippen LogP contribution < -0.4 is 9.47 Å². The van der Waals surface area contributed by atoms with Crippen molar-refractivity contribution in [3.05, 3.63) is 88.9 Å². The summed E-state index contributed by atoms with van der Waals surface area (Å²) < 4.78 is 11.6. The molecule has 0 saturated carbocycles. The average molecular weight is 423 g/mol. The highest BCUT2D eigenvalue weighted by atomic mass is 35.5. The number of para-hydroxylation sites is 1. The lowest BCUT2D eigenvalue weighted by Crippen LogP contribution is -2.21. The highest BCUT2D eigenvalue weighted by Gasteiger charge is 2.25. The molecule has 0 spiro atoms. The molecule has 1 atom stereocenters. The van der Waals surface area contributed by atoms with E-state index in [1.54, 1.807) is 0 Å². The number of ether oxygens (including phenoxy) is 2. The third kappa shape index (κ3) is 5.79. The minimum absolute atomic E-state index is 0.0898. The lowest BCUT2D eigenvalue weighted by atomic mass is 9.76. The van der Waals surface area contributed by atoms with Gasteiger partial charge in [-0.1, -0.05) is 61.8 Å². The molecule has 0 saturated heterocycles. The summed E-state index contributed by atoms with van der Waals surface area (Å²) in [7, 11) is 0. The molecule has 3 heteroatoms. The SMILES string of the molecule is CCOc1ccc(C(C)(CC)CCCc2cccc(Oc3ccccc3)c2)cc1Cl. The first-order chi connectivity index (χ1) is 14.5. The fraction of sp³-hybridized carbons (Fsp3) is 0.333. The molecule has 3 aromatic rings. The largest absolute Gasteiger partial charge is 0.492 e. The first-order valence-electron chi connectivity index (χ1n) is 10.8. The predicted octanol–water partition coefficient (Wildman–Crippen LogP) is 8.22. The second-order valence-electron chi connectivity index (χ2n) is 7.91. The molecule has 0 radical (unpaired) electrons. The van der Waals surface area contributed by atoms with Crippen LogP contribution in [0.15, 0.2) is 72.8 Å². The maximum atomic E-state index is 6.45. The first-order valence-corrected chi connectivity index (χ1v) is 11.2. The Labute approximate surface area is 185 Å². The molecule has 0 aliphatic heterocycles. The zero-order chi connectivity index (χ0) is 21.4. The fourth-order valence-electron chi connectivity index (χ4n) is 3.75. The van der Waals surface area contributed by atoms with Crippen LogP contribution in [-0.2, 0) is 11.8 Å². The molecule has 3 aromatic carbocycles. The van der Waals surface area contributed by atoms with Crippen LogP contribution in [0.1, 0.15) is 51.2 Å². The van der Waals surface area contributed by atoms with E-state index in [0.29, 0.717) is 11.6 Å². The minimum Gasteiger partial charge on any atom is -0.492 e. The molecule has 0 bridgehead atoms. The van der Waals surface area contributed by atoms with Gasteiger partial charge in [-0.25, -0.2) is 0 Å². The Kier molecular flexibility index (Phi) is 7.81. The van der Waals surface area contributed by atoms with E-state index in [-0.39, 0.29) is 5.41 Å². The highest BCUT2D eigenvalue weighted by molar-refractivity contribution is 6.32. The van der Waals surface area contributed by atoms with E-state index in [9.17, 15) is 0 Å². The van der Waals surface area contributed by atoms with Crippen LogP contribution in [0.5, 0.6) is 17.2 Å². The molecule has 0 aliphatic carbocycles. The monoisotopic (exact) mass is 422 g/mol. The maximum absolute atomic E-state index is 6.45. The van der Waals surface area contributed by atoms with Gasteiger partial charge in [0.05, 0.1) is 11.6 Å². The van der Waals surface area contributed by atoms with E-state index in [0.717, 1.165) is 42.9 Å². The second kappa shape index (κ2) is 10.5. The third-order valence-corrected chi connectivity index (χ3v) is 6.08. The van der Waals surface area contributed by atoms with Gasteiger partial charge in [-0.3, -0.25) is 0 Å². The Morgan fingerprint density at radius 2 is 1.63 bits per heavy atom. The molecule has 0 fully saturated rings. The van der Waals surface area contributed by atoms with Gasteiger partial charge in [0.25, 0.3) is 0 Å². The third-order valence-electron chi connectivity index (χ3n) is 5.78. The normalized spacial score (nSPS) is 12.9. The van der Waals surface area contributed by atoms with Crippen molar-refractivity contribution in [1.29, 1.82) is 0 Å². The van der Waals surface area contributed by atoms with E-state index < -0.39 is 0 Å². The van der Waals surface area contributed by atoms with Crippen molar-refractivity contribution in [2.24, 2.45) is 0 Å². The summed E-state index contributed by atoms with van der Waals surface area (Å²) >= 11 is 6.45. The van der Waals surface area contributed by atoms with E-state index >= 15 is 0 Å². The number of benzene rings is 3. The summed E-state index contributed by atoms with van der Waals surface area (Å²) in [5.74, 6) is 2.51. The van der Waals surface area contributed by atoms with Crippen LogP contribution >= 0.6 is 11.6 Å². The van der Waals surface area contributed by atoms with Crippen LogP contribution in [0.25, 0.3) is 0 Å². The Hall–Kier alpha value is -2.45. The van der Waals surface area contributed by atoms with Crippen LogP contribution in [0.4, 0.5) is 0 Å². The summed E-state index contributed by atoms with van der Waals surface area (Å²) in [6.07, 6.45) is 4.28. The summed E-state index contributed by atoms with van der Waals surface area (Å²) in [6.45, 7) is 7.17. The van der Waals surface area contributed by atoms with Crippen molar-refractivity contribution in [3.63, 3.8) is 0 Å². The zero-order valence-corrected chi connectivity index (χ0v) is 18.9. The van der Waals surface area contributed by atoms with Crippen molar-refractivity contribution >= 4 is 11.6 Å². The van der Waals surface area contributed by atoms with Crippen molar-refractivity contribution in [2.75, 3.05) is 6.61 Å². The molecule has 0 heterocycles. The summed E-state index contributed by atoms with van der Waals surface area (Å²) in [5, 5.41) is 0.694. The lowest BCUT2D eigenvalue weighted by Gasteiger charge is -2.29. The van der Waals surface area contributed by atoms with Crippen LogP contribution in [0, 0.1) is 0 Å². The van der Waals surface area contributed by atoms with E-state index in [2.05, 4.69) is 44.2 Å². The minimum atomic E-state index is 0.0898. The standard InChI is InChI=1S/C27H31ClO2/c1-4-27(3,22-16-17-26(29-5-2)25(28)20-22)18-10-12-21-11-9-15-24(19-21)30-23-13-7-6-8-14-23/h6-9,11,13-17,19-20H,4-5,10,12,18H2,1-3H3. The smallest absolute Gasteiger partial charge is 0.137 e. The van der Waals surface area contributed by atoms with E-state index in [1.165, 1.54) is 11.1 Å². The number of halogens is 1. The van der Waals surface area contributed by atoms with Crippen molar-refractivity contribution in [3.8, 4) is 17.2 Å². The van der Waals surface area contributed by atoms with Crippen molar-refractivity contribution in [1.82, 2.24) is 0 Å². The molecule has 0 aromatic heterocycles. The average Bonchev–Trinajstić information content (AvgIpc) is 2.76. The Morgan fingerprint density at radius 3 is 2.33 bits per heavy atom. The molecule has 0 aliphatic rings. The zero-order valence-electron chi connectivity index (χ0n) is 18.2. The van der Waals surface area contributed by atoms with Gasteiger partial charge >= 0.3 is 0 Å². The number of hydrogen-bond acceptors (Lipinski definition) is 2. The van der Waals surface area contributed by atoms with Crippen LogP contribution in [-0.4, -0.2) is 6.61 Å². The second-order valence-corrected chi connectivity index (χ2v) is 8.32. The summed E-state index contributed by atoms with van der Waals surface area (Å²) in [4.78, 5) is 0. The van der Waals surface area contributed by atoms with Gasteiger partial charge in [0.2, 0.25) is 0 Å². The predicted molar refractivity (Wildman–Crippen MR) is 126 cm³/mol. The number of hydrogen-bond donors (Lipinski definition) is 0. The van der Waals surface area contributed by atoms with Crippen molar-refractivity contribution < 1.29 is 9.47 Å². The van der Waals surface area contributed by atoms with E-state index in [4.69, 9.17) is 21.1 Å². The first kappa shape index (κ1) is 22.2. The Morgan fingerprint density at radius 1 is 0.867 bits per heavy atom. The Bertz CT molecular complexity index is 939. The lowest BCUT2D eigenvalue weighted by molar-refractivity contribution is 0.339. The quantitative estimate of drug-likeness (QED) is 0.327. The summed E-state index contributed by atoms with van der Waals surface area (Å²) in [5.41, 5.74) is 2.67. The molecule has 0 N–H and O–H groups in total. The van der Waals surface area contributed by atoms with Gasteiger partial charge in [-0.15, -0.1) is 0 Å². The van der Waals surface area contributed by atoms with Gasteiger partial charge in [-0.05, 0) is 85.5 Å². The molecule has 2 nitrogen and oxygen atoms in total. The molecular weight excluding hydrogens is 392 g/mol. The molecular formula is C27H31ClO2. The van der Waals surface area contributed by atoms with Crippen LogP contribution in [0.2, 0.25) is 5.02 Å². The molecule has 0 amide bonds. The number of aryl methyl sites for hydroxylation is 1. The topological polar surface area (TPSA) is 18.5 Å². The van der Waals surface area contributed by atoms with Gasteiger partial charge in [0, 0.05) is 0 Å². The van der Waals surface area contributed by atoms with Crippen molar-refractivity contribution in [2.45, 2.75) is 51.9 Å². The molecule has 1 unspecified atom stereocenters. The molecule has 30 heavy (non-hydrogen) atoms. The van der Waals surface area contributed by atoms with Gasteiger partial charge in [-0.2, -0.15) is 0 Å². The maximum Gasteiger partial charge on any atom is 0.137 e. The van der Waals surface area contributed by atoms with Crippen LogP contribution in [0.3, 0.4) is 0 Å².